The highest BCUT2D eigenvalue weighted by Crippen LogP contribution is 2.10. The van der Waals surface area contributed by atoms with Crippen molar-refractivity contribution < 1.29 is 9.84 Å². The smallest absolute Gasteiger partial charge is 0.0951 e. The summed E-state index contributed by atoms with van der Waals surface area (Å²) in [5.41, 5.74) is 1.21. The van der Waals surface area contributed by atoms with E-state index in [1.54, 1.807) is 0 Å². The SMILES string of the molecule is CC(C)n1cncc1CN(C)CCOCCO. The second kappa shape index (κ2) is 7.42. The molecule has 98 valence electrons. The van der Waals surface area contributed by atoms with E-state index < -0.39 is 0 Å². The molecule has 5 heteroatoms. The number of hydrogen-bond donors (Lipinski definition) is 1. The van der Waals surface area contributed by atoms with Crippen LogP contribution < -0.4 is 0 Å². The van der Waals surface area contributed by atoms with Crippen LogP contribution in [0, 0.1) is 0 Å². The lowest BCUT2D eigenvalue weighted by molar-refractivity contribution is 0.0769. The molecule has 0 saturated heterocycles. The molecule has 0 spiro atoms. The van der Waals surface area contributed by atoms with E-state index in [2.05, 4.69) is 35.3 Å². The van der Waals surface area contributed by atoms with Gasteiger partial charge in [0, 0.05) is 25.3 Å². The molecule has 0 bridgehead atoms. The first-order valence-electron chi connectivity index (χ1n) is 6.03. The molecule has 1 aromatic rings. The third kappa shape index (κ3) is 4.85. The van der Waals surface area contributed by atoms with Crippen LogP contribution in [-0.2, 0) is 11.3 Å². The number of imidazole rings is 1. The van der Waals surface area contributed by atoms with Gasteiger partial charge in [0.05, 0.1) is 31.8 Å². The third-order valence-electron chi connectivity index (χ3n) is 2.59. The standard InChI is InChI=1S/C12H23N3O2/c1-11(2)15-10-13-8-12(15)9-14(3)4-6-17-7-5-16/h8,10-11,16H,4-7,9H2,1-3H3. The van der Waals surface area contributed by atoms with E-state index in [1.165, 1.54) is 5.69 Å². The van der Waals surface area contributed by atoms with E-state index in [0.717, 1.165) is 13.1 Å². The molecule has 1 heterocycles. The number of aliphatic hydroxyl groups is 1. The van der Waals surface area contributed by atoms with E-state index in [4.69, 9.17) is 9.84 Å². The molecule has 5 nitrogen and oxygen atoms in total. The lowest BCUT2D eigenvalue weighted by Crippen LogP contribution is -2.24. The molecule has 0 aliphatic carbocycles. The van der Waals surface area contributed by atoms with E-state index in [-0.39, 0.29) is 6.61 Å². The van der Waals surface area contributed by atoms with Crippen molar-refractivity contribution in [1.29, 1.82) is 0 Å². The van der Waals surface area contributed by atoms with Gasteiger partial charge in [0.1, 0.15) is 0 Å². The number of nitrogens with zero attached hydrogens (tertiary/aromatic N) is 3. The first kappa shape index (κ1) is 14.2. The zero-order valence-corrected chi connectivity index (χ0v) is 11.0. The summed E-state index contributed by atoms with van der Waals surface area (Å²) < 4.78 is 7.41. The Labute approximate surface area is 103 Å². The van der Waals surface area contributed by atoms with Crippen molar-refractivity contribution in [2.75, 3.05) is 33.4 Å². The van der Waals surface area contributed by atoms with Gasteiger partial charge in [0.2, 0.25) is 0 Å². The fraction of sp³-hybridized carbons (Fsp3) is 0.750. The highest BCUT2D eigenvalue weighted by Gasteiger charge is 2.07. The minimum atomic E-state index is 0.0871. The van der Waals surface area contributed by atoms with E-state index in [0.29, 0.717) is 19.3 Å². The Hall–Kier alpha value is -0.910. The number of rotatable bonds is 8. The van der Waals surface area contributed by atoms with Crippen LogP contribution in [0.3, 0.4) is 0 Å². The van der Waals surface area contributed by atoms with E-state index in [1.807, 2.05) is 12.5 Å². The van der Waals surface area contributed by atoms with Crippen LogP contribution in [0.25, 0.3) is 0 Å². The van der Waals surface area contributed by atoms with Crippen molar-refractivity contribution in [1.82, 2.24) is 14.5 Å². The number of aliphatic hydroxyl groups excluding tert-OH is 1. The zero-order chi connectivity index (χ0) is 12.7. The molecule has 0 aliphatic rings. The summed E-state index contributed by atoms with van der Waals surface area (Å²) in [6.45, 7) is 7.16. The van der Waals surface area contributed by atoms with Crippen LogP contribution in [0.5, 0.6) is 0 Å². The third-order valence-corrected chi connectivity index (χ3v) is 2.59. The summed E-state index contributed by atoms with van der Waals surface area (Å²) in [5, 5.41) is 8.59. The molecule has 0 saturated carbocycles. The quantitative estimate of drug-likeness (QED) is 0.687. The molecule has 0 amide bonds. The highest BCUT2D eigenvalue weighted by molar-refractivity contribution is 4.99. The van der Waals surface area contributed by atoms with Gasteiger partial charge in [-0.15, -0.1) is 0 Å². The summed E-state index contributed by atoms with van der Waals surface area (Å²) in [5.74, 6) is 0. The molecule has 0 unspecified atom stereocenters. The van der Waals surface area contributed by atoms with Crippen LogP contribution in [0.15, 0.2) is 12.5 Å². The Morgan fingerprint density at radius 3 is 2.88 bits per heavy atom. The van der Waals surface area contributed by atoms with Crippen molar-refractivity contribution in [2.24, 2.45) is 0 Å². The van der Waals surface area contributed by atoms with Gasteiger partial charge in [-0.05, 0) is 20.9 Å². The lowest BCUT2D eigenvalue weighted by Gasteiger charge is -2.19. The number of aromatic nitrogens is 2. The van der Waals surface area contributed by atoms with Gasteiger partial charge in [0.15, 0.2) is 0 Å². The molecule has 1 aromatic heterocycles. The summed E-state index contributed by atoms with van der Waals surface area (Å²) in [4.78, 5) is 6.37. The summed E-state index contributed by atoms with van der Waals surface area (Å²) in [6, 6.07) is 0.437. The molecule has 0 radical (unpaired) electrons. The van der Waals surface area contributed by atoms with Crippen molar-refractivity contribution in [3.8, 4) is 0 Å². The fourth-order valence-corrected chi connectivity index (χ4v) is 1.66. The van der Waals surface area contributed by atoms with Crippen LogP contribution >= 0.6 is 0 Å². The van der Waals surface area contributed by atoms with E-state index >= 15 is 0 Å². The summed E-state index contributed by atoms with van der Waals surface area (Å²) in [7, 11) is 2.06. The largest absolute Gasteiger partial charge is 0.394 e. The van der Waals surface area contributed by atoms with Crippen molar-refractivity contribution in [3.63, 3.8) is 0 Å². The van der Waals surface area contributed by atoms with Crippen LogP contribution in [-0.4, -0.2) is 53.0 Å². The maximum Gasteiger partial charge on any atom is 0.0951 e. The number of likely N-dealkylation sites (N-methyl/N-ethyl adjacent to an activating group) is 1. The number of hydrogen-bond acceptors (Lipinski definition) is 4. The van der Waals surface area contributed by atoms with Gasteiger partial charge in [-0.1, -0.05) is 0 Å². The molecular formula is C12H23N3O2. The molecule has 0 fully saturated rings. The average molecular weight is 241 g/mol. The van der Waals surface area contributed by atoms with Crippen LogP contribution in [0.2, 0.25) is 0 Å². The minimum Gasteiger partial charge on any atom is -0.394 e. The van der Waals surface area contributed by atoms with Gasteiger partial charge in [-0.25, -0.2) is 4.98 Å². The first-order valence-corrected chi connectivity index (χ1v) is 6.03. The topological polar surface area (TPSA) is 50.5 Å². The molecule has 1 N–H and O–H groups in total. The molecule has 0 atom stereocenters. The predicted molar refractivity (Wildman–Crippen MR) is 66.9 cm³/mol. The lowest BCUT2D eigenvalue weighted by atomic mass is 10.3. The van der Waals surface area contributed by atoms with Crippen molar-refractivity contribution >= 4 is 0 Å². The van der Waals surface area contributed by atoms with Crippen molar-refractivity contribution in [2.45, 2.75) is 26.4 Å². The maximum absolute atomic E-state index is 8.59. The molecule has 17 heavy (non-hydrogen) atoms. The Morgan fingerprint density at radius 2 is 2.24 bits per heavy atom. The fourth-order valence-electron chi connectivity index (χ4n) is 1.66. The average Bonchev–Trinajstić information content (AvgIpc) is 2.72. The summed E-state index contributed by atoms with van der Waals surface area (Å²) >= 11 is 0. The van der Waals surface area contributed by atoms with E-state index in [9.17, 15) is 0 Å². The first-order chi connectivity index (χ1) is 8.15. The van der Waals surface area contributed by atoms with Gasteiger partial charge in [-0.3, -0.25) is 4.90 Å². The Balaban J connectivity index is 2.34. The Bertz CT molecular complexity index is 312. The van der Waals surface area contributed by atoms with Gasteiger partial charge >= 0.3 is 0 Å². The molecule has 1 rings (SSSR count). The van der Waals surface area contributed by atoms with Crippen LogP contribution in [0.1, 0.15) is 25.6 Å². The van der Waals surface area contributed by atoms with Gasteiger partial charge in [0.25, 0.3) is 0 Å². The van der Waals surface area contributed by atoms with Gasteiger partial charge in [-0.2, -0.15) is 0 Å². The predicted octanol–water partition coefficient (Wildman–Crippen LogP) is 0.905. The van der Waals surface area contributed by atoms with Crippen molar-refractivity contribution in [3.05, 3.63) is 18.2 Å². The zero-order valence-electron chi connectivity index (χ0n) is 11.0. The monoisotopic (exact) mass is 241 g/mol. The highest BCUT2D eigenvalue weighted by atomic mass is 16.5. The Kier molecular flexibility index (Phi) is 6.18. The molecule has 0 aromatic carbocycles. The minimum absolute atomic E-state index is 0.0871. The Morgan fingerprint density at radius 1 is 1.47 bits per heavy atom. The normalized spacial score (nSPS) is 11.6. The van der Waals surface area contributed by atoms with Crippen LogP contribution in [0.4, 0.5) is 0 Å². The molecular weight excluding hydrogens is 218 g/mol. The maximum atomic E-state index is 8.59. The second-order valence-corrected chi connectivity index (χ2v) is 4.46. The number of ether oxygens (including phenoxy) is 1. The summed E-state index contributed by atoms with van der Waals surface area (Å²) in [6.07, 6.45) is 3.78. The molecule has 0 aliphatic heterocycles. The second-order valence-electron chi connectivity index (χ2n) is 4.46. The van der Waals surface area contributed by atoms with Gasteiger partial charge < -0.3 is 14.4 Å².